The van der Waals surface area contributed by atoms with Gasteiger partial charge in [0.25, 0.3) is 0 Å². The van der Waals surface area contributed by atoms with Gasteiger partial charge < -0.3 is 9.57 Å². The number of rotatable bonds is 4. The molecule has 106 valence electrons. The fraction of sp³-hybridized carbons (Fsp3) is 0.0714. The molecule has 1 aliphatic rings. The number of para-hydroxylation sites is 2. The first-order valence-corrected chi connectivity index (χ1v) is 6.49. The van der Waals surface area contributed by atoms with Gasteiger partial charge in [-0.05, 0) is 18.2 Å². The summed E-state index contributed by atoms with van der Waals surface area (Å²) >= 11 is 5.73. The average molecular weight is 304 g/mol. The molecule has 0 unspecified atom stereocenters. The Bertz CT molecular complexity index is 688. The van der Waals surface area contributed by atoms with Crippen LogP contribution in [0.3, 0.4) is 0 Å². The zero-order valence-corrected chi connectivity index (χ0v) is 11.5. The second-order valence-corrected chi connectivity index (χ2v) is 4.57. The first-order valence-electron chi connectivity index (χ1n) is 6.11. The molecule has 3 rings (SSSR count). The molecule has 0 saturated heterocycles. The predicted molar refractivity (Wildman–Crippen MR) is 76.1 cm³/mol. The van der Waals surface area contributed by atoms with E-state index >= 15 is 0 Å². The van der Waals surface area contributed by atoms with Gasteiger partial charge in [-0.15, -0.1) is 0 Å². The van der Waals surface area contributed by atoms with E-state index in [9.17, 15) is 4.79 Å². The van der Waals surface area contributed by atoms with E-state index in [1.54, 1.807) is 17.2 Å². The molecule has 7 heteroatoms. The van der Waals surface area contributed by atoms with Gasteiger partial charge in [0.1, 0.15) is 5.69 Å². The van der Waals surface area contributed by atoms with Crippen LogP contribution in [-0.2, 0) is 9.63 Å². The summed E-state index contributed by atoms with van der Waals surface area (Å²) in [5, 5.41) is 1.98. The molecular formula is C14H10ClN3O3. The van der Waals surface area contributed by atoms with Gasteiger partial charge in [0.15, 0.2) is 17.8 Å². The predicted octanol–water partition coefficient (Wildman–Crippen LogP) is 2.76. The molecule has 21 heavy (non-hydrogen) atoms. The summed E-state index contributed by atoms with van der Waals surface area (Å²) in [6.45, 7) is 0.454. The number of anilines is 1. The molecule has 0 amide bonds. The number of nitrogens with zero attached hydrogens (tertiary/aromatic N) is 3. The van der Waals surface area contributed by atoms with Crippen molar-refractivity contribution >= 4 is 23.6 Å². The van der Waals surface area contributed by atoms with E-state index in [-0.39, 0.29) is 11.8 Å². The van der Waals surface area contributed by atoms with Crippen LogP contribution in [0.25, 0.3) is 0 Å². The molecule has 0 atom stereocenters. The van der Waals surface area contributed by atoms with E-state index in [0.717, 1.165) is 0 Å². The number of aldehydes is 1. The average Bonchev–Trinajstić information content (AvgIpc) is 2.99. The third kappa shape index (κ3) is 2.95. The summed E-state index contributed by atoms with van der Waals surface area (Å²) in [4.78, 5) is 24.0. The number of carbonyl (C=O) groups excluding carboxylic acids is 1. The summed E-state index contributed by atoms with van der Waals surface area (Å²) in [7, 11) is 0. The van der Waals surface area contributed by atoms with Crippen molar-refractivity contribution in [1.29, 1.82) is 0 Å². The Morgan fingerprint density at radius 1 is 1.29 bits per heavy atom. The lowest BCUT2D eigenvalue weighted by Crippen LogP contribution is -2.18. The highest BCUT2D eigenvalue weighted by Crippen LogP contribution is 2.33. The summed E-state index contributed by atoms with van der Waals surface area (Å²) in [6.07, 6.45) is 5.24. The lowest BCUT2D eigenvalue weighted by molar-refractivity contribution is -0.107. The molecule has 0 spiro atoms. The Balaban J connectivity index is 1.83. The van der Waals surface area contributed by atoms with Crippen LogP contribution in [0.15, 0.2) is 48.5 Å². The first-order chi connectivity index (χ1) is 10.3. The molecule has 1 aliphatic heterocycles. The van der Waals surface area contributed by atoms with Crippen molar-refractivity contribution in [3.8, 4) is 11.8 Å². The van der Waals surface area contributed by atoms with Crippen LogP contribution in [0, 0.1) is 0 Å². The molecule has 0 fully saturated rings. The lowest BCUT2D eigenvalue weighted by Gasteiger charge is -2.19. The van der Waals surface area contributed by atoms with Gasteiger partial charge in [-0.3, -0.25) is 4.79 Å². The van der Waals surface area contributed by atoms with Crippen LogP contribution in [-0.4, -0.2) is 22.8 Å². The monoisotopic (exact) mass is 303 g/mol. The lowest BCUT2D eigenvalue weighted by atomic mass is 10.3. The second-order valence-electron chi connectivity index (χ2n) is 4.13. The zero-order valence-electron chi connectivity index (χ0n) is 10.8. The summed E-state index contributed by atoms with van der Waals surface area (Å²) in [5.41, 5.74) is 0.671. The number of hydrogen-bond acceptors (Lipinski definition) is 6. The van der Waals surface area contributed by atoms with Crippen LogP contribution in [0.4, 0.5) is 5.69 Å². The van der Waals surface area contributed by atoms with Gasteiger partial charge in [-0.25, -0.2) is 15.0 Å². The number of benzene rings is 1. The number of aromatic nitrogens is 2. The fourth-order valence-corrected chi connectivity index (χ4v) is 1.89. The molecule has 2 heterocycles. The Kier molecular flexibility index (Phi) is 3.70. The standard InChI is InChI=1S/C14H10ClN3O3/c15-10-7-16-14(17-8-10)20-13-4-2-1-3-12(13)18-6-5-11(9-19)21-18/h1-5,7-9H,6H2. The Morgan fingerprint density at radius 2 is 2.05 bits per heavy atom. The van der Waals surface area contributed by atoms with Gasteiger partial charge in [0, 0.05) is 0 Å². The molecule has 0 bridgehead atoms. The smallest absolute Gasteiger partial charge is 0.322 e. The fourth-order valence-electron chi connectivity index (χ4n) is 1.79. The Hall–Kier alpha value is -2.60. The van der Waals surface area contributed by atoms with E-state index in [2.05, 4.69) is 9.97 Å². The van der Waals surface area contributed by atoms with Crippen molar-refractivity contribution in [2.24, 2.45) is 0 Å². The SMILES string of the molecule is O=CC1=CCN(c2ccccc2Oc2ncc(Cl)cn2)O1. The number of ether oxygens (including phenoxy) is 1. The second kappa shape index (κ2) is 5.80. The maximum atomic E-state index is 10.7. The van der Waals surface area contributed by atoms with E-state index in [4.69, 9.17) is 21.2 Å². The highest BCUT2D eigenvalue weighted by molar-refractivity contribution is 6.30. The van der Waals surface area contributed by atoms with Crippen molar-refractivity contribution in [1.82, 2.24) is 9.97 Å². The van der Waals surface area contributed by atoms with Crippen molar-refractivity contribution in [2.45, 2.75) is 0 Å². The number of allylic oxidation sites excluding steroid dienone is 1. The third-order valence-corrected chi connectivity index (χ3v) is 2.92. The normalized spacial score (nSPS) is 13.6. The van der Waals surface area contributed by atoms with E-state index in [0.29, 0.717) is 29.3 Å². The van der Waals surface area contributed by atoms with E-state index in [1.165, 1.54) is 12.4 Å². The van der Waals surface area contributed by atoms with Crippen molar-refractivity contribution in [3.63, 3.8) is 0 Å². The molecule has 2 aromatic rings. The Labute approximate surface area is 125 Å². The summed E-state index contributed by atoms with van der Waals surface area (Å²) < 4.78 is 5.63. The van der Waals surface area contributed by atoms with Crippen molar-refractivity contribution in [3.05, 3.63) is 53.5 Å². The minimum Gasteiger partial charge on any atom is -0.422 e. The largest absolute Gasteiger partial charge is 0.422 e. The molecule has 0 aliphatic carbocycles. The zero-order chi connectivity index (χ0) is 14.7. The highest BCUT2D eigenvalue weighted by Gasteiger charge is 2.20. The van der Waals surface area contributed by atoms with Crippen molar-refractivity contribution < 1.29 is 14.4 Å². The maximum Gasteiger partial charge on any atom is 0.322 e. The molecular weight excluding hydrogens is 294 g/mol. The molecule has 0 saturated carbocycles. The Morgan fingerprint density at radius 3 is 2.76 bits per heavy atom. The quantitative estimate of drug-likeness (QED) is 0.809. The number of hydroxylamine groups is 1. The minimum atomic E-state index is 0.176. The molecule has 0 N–H and O–H groups in total. The minimum absolute atomic E-state index is 0.176. The first kappa shape index (κ1) is 13.4. The molecule has 1 aromatic carbocycles. The van der Waals surface area contributed by atoms with Crippen LogP contribution in [0.5, 0.6) is 11.8 Å². The van der Waals surface area contributed by atoms with Gasteiger partial charge in [-0.2, -0.15) is 0 Å². The van der Waals surface area contributed by atoms with Gasteiger partial charge >= 0.3 is 6.01 Å². The number of halogens is 1. The summed E-state index contributed by atoms with van der Waals surface area (Å²) in [5.74, 6) is 0.785. The number of hydrogen-bond donors (Lipinski definition) is 0. The highest BCUT2D eigenvalue weighted by atomic mass is 35.5. The topological polar surface area (TPSA) is 64.6 Å². The van der Waals surface area contributed by atoms with E-state index in [1.807, 2.05) is 18.2 Å². The van der Waals surface area contributed by atoms with Crippen LogP contribution >= 0.6 is 11.6 Å². The molecule has 1 aromatic heterocycles. The van der Waals surface area contributed by atoms with Gasteiger partial charge in [0.05, 0.1) is 24.0 Å². The van der Waals surface area contributed by atoms with Gasteiger partial charge in [0.2, 0.25) is 0 Å². The summed E-state index contributed by atoms with van der Waals surface area (Å²) in [6, 6.07) is 7.41. The maximum absolute atomic E-state index is 10.7. The molecule has 0 radical (unpaired) electrons. The van der Waals surface area contributed by atoms with Crippen molar-refractivity contribution in [2.75, 3.05) is 11.6 Å². The third-order valence-electron chi connectivity index (χ3n) is 2.72. The van der Waals surface area contributed by atoms with E-state index < -0.39 is 0 Å². The van der Waals surface area contributed by atoms with Crippen LogP contribution in [0.2, 0.25) is 5.02 Å². The van der Waals surface area contributed by atoms with Crippen LogP contribution in [0.1, 0.15) is 0 Å². The molecule has 6 nitrogen and oxygen atoms in total. The number of carbonyl (C=O) groups is 1. The van der Waals surface area contributed by atoms with Crippen LogP contribution < -0.4 is 9.80 Å². The van der Waals surface area contributed by atoms with Gasteiger partial charge in [-0.1, -0.05) is 23.7 Å².